The lowest BCUT2D eigenvalue weighted by molar-refractivity contribution is -0.137. The van der Waals surface area contributed by atoms with E-state index in [9.17, 15) is 9.59 Å². The van der Waals surface area contributed by atoms with Gasteiger partial charge < -0.3 is 15.2 Å². The lowest BCUT2D eigenvalue weighted by Gasteiger charge is -2.17. The molecule has 0 radical (unpaired) electrons. The minimum Gasteiger partial charge on any atom is -0.497 e. The predicted molar refractivity (Wildman–Crippen MR) is 83.9 cm³/mol. The first-order valence-corrected chi connectivity index (χ1v) is 7.46. The molecule has 5 nitrogen and oxygen atoms in total. The maximum absolute atomic E-state index is 12.5. The Morgan fingerprint density at radius 1 is 1.32 bits per heavy atom. The summed E-state index contributed by atoms with van der Waals surface area (Å²) in [6.45, 7) is 0. The zero-order chi connectivity index (χ0) is 15.9. The van der Waals surface area contributed by atoms with E-state index in [-0.39, 0.29) is 18.2 Å². The van der Waals surface area contributed by atoms with E-state index >= 15 is 0 Å². The van der Waals surface area contributed by atoms with Crippen LogP contribution in [0.5, 0.6) is 5.75 Å². The first kappa shape index (κ1) is 16.1. The van der Waals surface area contributed by atoms with Gasteiger partial charge in [0.1, 0.15) is 5.75 Å². The van der Waals surface area contributed by atoms with E-state index in [1.54, 1.807) is 31.4 Å². The number of carbonyl (C=O) groups is 2. The highest BCUT2D eigenvalue weighted by Gasteiger charge is 2.25. The molecular formula is C17H21NO4. The van der Waals surface area contributed by atoms with Gasteiger partial charge in [0.2, 0.25) is 5.91 Å². The van der Waals surface area contributed by atoms with Crippen LogP contribution in [-0.2, 0) is 9.59 Å². The topological polar surface area (TPSA) is 75.6 Å². The van der Waals surface area contributed by atoms with Crippen molar-refractivity contribution in [3.8, 4) is 5.75 Å². The maximum Gasteiger partial charge on any atom is 0.303 e. The Bertz CT molecular complexity index is 563. The molecule has 2 N–H and O–H groups in total. The minimum absolute atomic E-state index is 0.00195. The molecule has 1 amide bonds. The van der Waals surface area contributed by atoms with Crippen molar-refractivity contribution in [2.45, 2.75) is 32.1 Å². The van der Waals surface area contributed by atoms with Crippen LogP contribution in [0.3, 0.4) is 0 Å². The first-order valence-electron chi connectivity index (χ1n) is 7.46. The molecule has 1 atom stereocenters. The summed E-state index contributed by atoms with van der Waals surface area (Å²) in [5.41, 5.74) is 1.75. The molecule has 2 rings (SSSR count). The number of aliphatic carboxylic acids is 1. The summed E-state index contributed by atoms with van der Waals surface area (Å²) in [4.78, 5) is 23.3. The van der Waals surface area contributed by atoms with Gasteiger partial charge in [-0.25, -0.2) is 0 Å². The van der Waals surface area contributed by atoms with Crippen LogP contribution in [-0.4, -0.2) is 24.1 Å². The maximum atomic E-state index is 12.5. The van der Waals surface area contributed by atoms with Crippen LogP contribution in [0, 0.1) is 5.92 Å². The van der Waals surface area contributed by atoms with E-state index in [0.29, 0.717) is 12.1 Å². The third-order valence-corrected chi connectivity index (χ3v) is 3.84. The number of amides is 1. The lowest BCUT2D eigenvalue weighted by atomic mass is 9.92. The summed E-state index contributed by atoms with van der Waals surface area (Å²) < 4.78 is 5.08. The molecule has 0 fully saturated rings. The van der Waals surface area contributed by atoms with Crippen LogP contribution in [0.4, 0.5) is 5.69 Å². The van der Waals surface area contributed by atoms with Crippen molar-refractivity contribution in [1.29, 1.82) is 0 Å². The number of carbonyl (C=O) groups excluding carboxylic acids is 1. The minimum atomic E-state index is -0.874. The summed E-state index contributed by atoms with van der Waals surface area (Å²) in [5.74, 6) is -0.653. The second-order valence-electron chi connectivity index (χ2n) is 5.37. The number of hydrogen-bond donors (Lipinski definition) is 2. The molecule has 1 aliphatic carbocycles. The molecule has 0 saturated carbocycles. The van der Waals surface area contributed by atoms with E-state index < -0.39 is 5.97 Å². The Kier molecular flexibility index (Phi) is 5.58. The number of carboxylic acid groups (broad SMARTS) is 1. The van der Waals surface area contributed by atoms with E-state index in [4.69, 9.17) is 9.84 Å². The third kappa shape index (κ3) is 4.35. The van der Waals surface area contributed by atoms with Crippen molar-refractivity contribution >= 4 is 17.6 Å². The first-order chi connectivity index (χ1) is 10.6. The molecule has 1 aliphatic rings. The number of ether oxygens (including phenoxy) is 1. The van der Waals surface area contributed by atoms with E-state index in [0.717, 1.165) is 30.6 Å². The van der Waals surface area contributed by atoms with Gasteiger partial charge in [-0.1, -0.05) is 11.6 Å². The van der Waals surface area contributed by atoms with Crippen LogP contribution >= 0.6 is 0 Å². The van der Waals surface area contributed by atoms with Gasteiger partial charge >= 0.3 is 5.97 Å². The molecule has 0 bridgehead atoms. The van der Waals surface area contributed by atoms with Gasteiger partial charge in [-0.15, -0.1) is 0 Å². The Balaban J connectivity index is 2.05. The van der Waals surface area contributed by atoms with E-state index in [1.165, 1.54) is 0 Å². The fraction of sp³-hybridized carbons (Fsp3) is 0.412. The van der Waals surface area contributed by atoms with Crippen molar-refractivity contribution in [1.82, 2.24) is 0 Å². The molecule has 0 aromatic heterocycles. The van der Waals surface area contributed by atoms with Gasteiger partial charge in [0.15, 0.2) is 0 Å². The van der Waals surface area contributed by atoms with Crippen molar-refractivity contribution in [3.05, 3.63) is 35.9 Å². The van der Waals surface area contributed by atoms with Crippen molar-refractivity contribution in [3.63, 3.8) is 0 Å². The summed E-state index contributed by atoms with van der Waals surface area (Å²) in [6.07, 6.45) is 5.28. The van der Waals surface area contributed by atoms with Crippen LogP contribution in [0.25, 0.3) is 0 Å². The lowest BCUT2D eigenvalue weighted by Crippen LogP contribution is -2.25. The van der Waals surface area contributed by atoms with Crippen LogP contribution < -0.4 is 10.1 Å². The van der Waals surface area contributed by atoms with Gasteiger partial charge in [-0.05, 0) is 49.9 Å². The number of hydrogen-bond acceptors (Lipinski definition) is 3. The molecule has 1 unspecified atom stereocenters. The Morgan fingerprint density at radius 2 is 2.05 bits per heavy atom. The smallest absolute Gasteiger partial charge is 0.303 e. The number of benzene rings is 1. The van der Waals surface area contributed by atoms with Crippen molar-refractivity contribution in [2.75, 3.05) is 12.4 Å². The van der Waals surface area contributed by atoms with Gasteiger partial charge in [0, 0.05) is 12.1 Å². The molecule has 1 aromatic carbocycles. The van der Waals surface area contributed by atoms with Gasteiger partial charge in [0.25, 0.3) is 0 Å². The summed E-state index contributed by atoms with van der Waals surface area (Å²) in [6, 6.07) is 7.09. The SMILES string of the molecule is COc1ccc(NC(=O)C(CCC(=O)O)C2=CCCC2)cc1. The highest BCUT2D eigenvalue weighted by atomic mass is 16.5. The standard InChI is InChI=1S/C17H21NO4/c1-22-14-8-6-13(7-9-14)18-17(21)15(10-11-16(19)20)12-4-2-3-5-12/h4,6-9,15H,2-3,5,10-11H2,1H3,(H,18,21)(H,19,20). The molecule has 0 aliphatic heterocycles. The van der Waals surface area contributed by atoms with Gasteiger partial charge in [-0.3, -0.25) is 9.59 Å². The van der Waals surface area contributed by atoms with Crippen molar-refractivity contribution in [2.24, 2.45) is 5.92 Å². The third-order valence-electron chi connectivity index (χ3n) is 3.84. The fourth-order valence-electron chi connectivity index (χ4n) is 2.67. The highest BCUT2D eigenvalue weighted by Crippen LogP contribution is 2.29. The molecule has 118 valence electrons. The zero-order valence-electron chi connectivity index (χ0n) is 12.7. The molecule has 5 heteroatoms. The monoisotopic (exact) mass is 303 g/mol. The number of anilines is 1. The van der Waals surface area contributed by atoms with Crippen molar-refractivity contribution < 1.29 is 19.4 Å². The number of allylic oxidation sites excluding steroid dienone is 1. The average Bonchev–Trinajstić information content (AvgIpc) is 3.02. The van der Waals surface area contributed by atoms with Gasteiger partial charge in [-0.2, -0.15) is 0 Å². The second-order valence-corrected chi connectivity index (χ2v) is 5.37. The zero-order valence-corrected chi connectivity index (χ0v) is 12.7. The van der Waals surface area contributed by atoms with E-state index in [2.05, 4.69) is 11.4 Å². The Labute approximate surface area is 130 Å². The van der Waals surface area contributed by atoms with Crippen LogP contribution in [0.1, 0.15) is 32.1 Å². The molecule has 22 heavy (non-hydrogen) atoms. The number of rotatable bonds is 7. The molecule has 0 heterocycles. The normalized spacial score (nSPS) is 15.0. The number of nitrogens with one attached hydrogen (secondary N) is 1. The summed E-state index contributed by atoms with van der Waals surface area (Å²) in [7, 11) is 1.59. The fourth-order valence-corrected chi connectivity index (χ4v) is 2.67. The largest absolute Gasteiger partial charge is 0.497 e. The van der Waals surface area contributed by atoms with E-state index in [1.807, 2.05) is 0 Å². The Morgan fingerprint density at radius 3 is 2.59 bits per heavy atom. The molecule has 0 spiro atoms. The van der Waals surface area contributed by atoms with Gasteiger partial charge in [0.05, 0.1) is 13.0 Å². The second kappa shape index (κ2) is 7.64. The number of methoxy groups -OCH3 is 1. The average molecular weight is 303 g/mol. The van der Waals surface area contributed by atoms with Crippen LogP contribution in [0.15, 0.2) is 35.9 Å². The quantitative estimate of drug-likeness (QED) is 0.758. The summed E-state index contributed by atoms with van der Waals surface area (Å²) >= 11 is 0. The van der Waals surface area contributed by atoms with Crippen LogP contribution in [0.2, 0.25) is 0 Å². The Hall–Kier alpha value is -2.30. The highest BCUT2D eigenvalue weighted by molar-refractivity contribution is 5.94. The molecule has 0 saturated heterocycles. The molecule has 1 aromatic rings. The number of carboxylic acids is 1. The predicted octanol–water partition coefficient (Wildman–Crippen LogP) is 3.23. The molecular weight excluding hydrogens is 282 g/mol. The summed E-state index contributed by atoms with van der Waals surface area (Å²) in [5, 5.41) is 11.7.